The van der Waals surface area contributed by atoms with E-state index in [0.29, 0.717) is 5.92 Å². The molecule has 2 atom stereocenters. The van der Waals surface area contributed by atoms with Crippen molar-refractivity contribution in [3.63, 3.8) is 0 Å². The zero-order valence-corrected chi connectivity index (χ0v) is 8.75. The molecule has 3 nitrogen and oxygen atoms in total. The molecule has 1 rings (SSSR count). The highest BCUT2D eigenvalue weighted by Crippen LogP contribution is 2.25. The Morgan fingerprint density at radius 2 is 2.31 bits per heavy atom. The number of carbonyl (C=O) groups is 1. The lowest BCUT2D eigenvalue weighted by Gasteiger charge is -2.35. The first-order chi connectivity index (χ1) is 6.19. The summed E-state index contributed by atoms with van der Waals surface area (Å²) in [6.45, 7) is 6.14. The van der Waals surface area contributed by atoms with Gasteiger partial charge in [-0.15, -0.1) is 0 Å². The second-order valence-corrected chi connectivity index (χ2v) is 3.85. The lowest BCUT2D eigenvalue weighted by Crippen LogP contribution is -2.42. The molecule has 0 aliphatic carbocycles. The van der Waals surface area contributed by atoms with Gasteiger partial charge < -0.3 is 9.64 Å². The number of amides is 1. The molecule has 0 saturated carbocycles. The largest absolute Gasteiger partial charge is 0.453 e. The number of methoxy groups -OCH3 is 1. The fourth-order valence-corrected chi connectivity index (χ4v) is 2.10. The molecule has 1 heterocycles. The van der Waals surface area contributed by atoms with E-state index < -0.39 is 0 Å². The summed E-state index contributed by atoms with van der Waals surface area (Å²) in [6, 6.07) is 0. The molecule has 76 valence electrons. The van der Waals surface area contributed by atoms with E-state index in [9.17, 15) is 4.79 Å². The maximum Gasteiger partial charge on any atom is 0.409 e. The first kappa shape index (κ1) is 10.4. The van der Waals surface area contributed by atoms with Gasteiger partial charge >= 0.3 is 6.09 Å². The van der Waals surface area contributed by atoms with Gasteiger partial charge in [-0.2, -0.15) is 0 Å². The standard InChI is InChI=1S/C10H19NO2/c1-4-9-5-6-11(7-8(9)2)10(12)13-3/h8-9H,4-7H2,1-3H3/t8-,9+/m1/s1. The van der Waals surface area contributed by atoms with Gasteiger partial charge in [-0.3, -0.25) is 0 Å². The molecule has 0 aromatic heterocycles. The molecule has 3 heteroatoms. The van der Waals surface area contributed by atoms with Crippen LogP contribution in [0.25, 0.3) is 0 Å². The average Bonchev–Trinajstić information content (AvgIpc) is 2.16. The van der Waals surface area contributed by atoms with Crippen molar-refractivity contribution in [1.82, 2.24) is 4.90 Å². The SMILES string of the molecule is CC[C@H]1CCN(C(=O)OC)C[C@H]1C. The third-order valence-corrected chi connectivity index (χ3v) is 3.04. The Kier molecular flexibility index (Phi) is 3.58. The van der Waals surface area contributed by atoms with Gasteiger partial charge in [0.1, 0.15) is 0 Å². The van der Waals surface area contributed by atoms with E-state index in [1.54, 1.807) is 4.90 Å². The van der Waals surface area contributed by atoms with Crippen LogP contribution in [0, 0.1) is 11.8 Å². The fourth-order valence-electron chi connectivity index (χ4n) is 2.10. The lowest BCUT2D eigenvalue weighted by molar-refractivity contribution is 0.0861. The summed E-state index contributed by atoms with van der Waals surface area (Å²) < 4.78 is 4.69. The monoisotopic (exact) mass is 185 g/mol. The van der Waals surface area contributed by atoms with Crippen molar-refractivity contribution in [2.75, 3.05) is 20.2 Å². The molecule has 1 amide bonds. The number of likely N-dealkylation sites (tertiary alicyclic amines) is 1. The van der Waals surface area contributed by atoms with Gasteiger partial charge in [0.2, 0.25) is 0 Å². The topological polar surface area (TPSA) is 29.5 Å². The van der Waals surface area contributed by atoms with Crippen LogP contribution in [0.5, 0.6) is 0 Å². The van der Waals surface area contributed by atoms with Crippen LogP contribution in [0.2, 0.25) is 0 Å². The summed E-state index contributed by atoms with van der Waals surface area (Å²) in [4.78, 5) is 13.0. The minimum atomic E-state index is -0.179. The molecule has 0 N–H and O–H groups in total. The summed E-state index contributed by atoms with van der Waals surface area (Å²) in [7, 11) is 1.44. The Hall–Kier alpha value is -0.730. The molecule has 0 aromatic rings. The number of carbonyl (C=O) groups excluding carboxylic acids is 1. The third kappa shape index (κ3) is 2.36. The molecule has 1 aliphatic heterocycles. The summed E-state index contributed by atoms with van der Waals surface area (Å²) in [6.07, 6.45) is 2.16. The molecule has 0 unspecified atom stereocenters. The molecule has 0 aromatic carbocycles. The molecule has 0 spiro atoms. The van der Waals surface area contributed by atoms with E-state index in [2.05, 4.69) is 13.8 Å². The van der Waals surface area contributed by atoms with Crippen LogP contribution in [-0.4, -0.2) is 31.2 Å². The Bertz CT molecular complexity index is 182. The van der Waals surface area contributed by atoms with Crippen molar-refractivity contribution in [3.05, 3.63) is 0 Å². The van der Waals surface area contributed by atoms with E-state index in [4.69, 9.17) is 4.74 Å². The van der Waals surface area contributed by atoms with Crippen molar-refractivity contribution in [2.24, 2.45) is 11.8 Å². The highest BCUT2D eigenvalue weighted by molar-refractivity contribution is 5.67. The van der Waals surface area contributed by atoms with E-state index in [0.717, 1.165) is 25.4 Å². The molecular formula is C10H19NO2. The van der Waals surface area contributed by atoms with Crippen molar-refractivity contribution in [3.8, 4) is 0 Å². The van der Waals surface area contributed by atoms with Gasteiger partial charge in [-0.25, -0.2) is 4.79 Å². The highest BCUT2D eigenvalue weighted by Gasteiger charge is 2.27. The normalized spacial score (nSPS) is 28.7. The van der Waals surface area contributed by atoms with E-state index >= 15 is 0 Å². The zero-order chi connectivity index (χ0) is 9.84. The van der Waals surface area contributed by atoms with Crippen LogP contribution in [0.1, 0.15) is 26.7 Å². The quantitative estimate of drug-likeness (QED) is 0.626. The molecule has 1 aliphatic rings. The molecule has 0 radical (unpaired) electrons. The number of rotatable bonds is 1. The van der Waals surface area contributed by atoms with Crippen molar-refractivity contribution < 1.29 is 9.53 Å². The van der Waals surface area contributed by atoms with Crippen LogP contribution >= 0.6 is 0 Å². The average molecular weight is 185 g/mol. The van der Waals surface area contributed by atoms with Gasteiger partial charge in [-0.1, -0.05) is 20.3 Å². The minimum Gasteiger partial charge on any atom is -0.453 e. The van der Waals surface area contributed by atoms with E-state index in [1.165, 1.54) is 13.5 Å². The van der Waals surface area contributed by atoms with Crippen molar-refractivity contribution in [2.45, 2.75) is 26.7 Å². The van der Waals surface area contributed by atoms with Gasteiger partial charge in [-0.05, 0) is 18.3 Å². The highest BCUT2D eigenvalue weighted by atomic mass is 16.5. The van der Waals surface area contributed by atoms with Crippen LogP contribution in [-0.2, 0) is 4.74 Å². The fraction of sp³-hybridized carbons (Fsp3) is 0.900. The smallest absolute Gasteiger partial charge is 0.409 e. The van der Waals surface area contributed by atoms with Gasteiger partial charge in [0.05, 0.1) is 7.11 Å². The van der Waals surface area contributed by atoms with Crippen molar-refractivity contribution in [1.29, 1.82) is 0 Å². The number of hydrogen-bond acceptors (Lipinski definition) is 2. The Morgan fingerprint density at radius 3 is 2.77 bits per heavy atom. The maximum atomic E-state index is 11.2. The molecule has 0 bridgehead atoms. The third-order valence-electron chi connectivity index (χ3n) is 3.04. The maximum absolute atomic E-state index is 11.2. The van der Waals surface area contributed by atoms with Crippen molar-refractivity contribution >= 4 is 6.09 Å². The zero-order valence-electron chi connectivity index (χ0n) is 8.75. The minimum absolute atomic E-state index is 0.179. The van der Waals surface area contributed by atoms with E-state index in [-0.39, 0.29) is 6.09 Å². The van der Waals surface area contributed by atoms with Gasteiger partial charge in [0.25, 0.3) is 0 Å². The van der Waals surface area contributed by atoms with E-state index in [1.807, 2.05) is 0 Å². The Morgan fingerprint density at radius 1 is 1.62 bits per heavy atom. The summed E-state index contributed by atoms with van der Waals surface area (Å²) >= 11 is 0. The second-order valence-electron chi connectivity index (χ2n) is 3.85. The summed E-state index contributed by atoms with van der Waals surface area (Å²) in [5.74, 6) is 1.39. The van der Waals surface area contributed by atoms with Crippen LogP contribution in [0.4, 0.5) is 4.79 Å². The second kappa shape index (κ2) is 4.49. The van der Waals surface area contributed by atoms with Crippen LogP contribution < -0.4 is 0 Å². The van der Waals surface area contributed by atoms with Crippen LogP contribution in [0.3, 0.4) is 0 Å². The molecule has 1 saturated heterocycles. The Balaban J connectivity index is 2.45. The van der Waals surface area contributed by atoms with Gasteiger partial charge in [0.15, 0.2) is 0 Å². The predicted molar refractivity (Wildman–Crippen MR) is 51.5 cm³/mol. The lowest BCUT2D eigenvalue weighted by atomic mass is 9.85. The number of nitrogens with zero attached hydrogens (tertiary/aromatic N) is 1. The number of piperidine rings is 1. The molecule has 13 heavy (non-hydrogen) atoms. The first-order valence-corrected chi connectivity index (χ1v) is 5.02. The number of hydrogen-bond donors (Lipinski definition) is 0. The summed E-state index contributed by atoms with van der Waals surface area (Å²) in [5.41, 5.74) is 0. The van der Waals surface area contributed by atoms with Gasteiger partial charge in [0, 0.05) is 13.1 Å². The summed E-state index contributed by atoms with van der Waals surface area (Å²) in [5, 5.41) is 0. The Labute approximate surface area is 80.1 Å². The molecular weight excluding hydrogens is 166 g/mol. The predicted octanol–water partition coefficient (Wildman–Crippen LogP) is 2.12. The van der Waals surface area contributed by atoms with Crippen LogP contribution in [0.15, 0.2) is 0 Å². The number of ether oxygens (including phenoxy) is 1. The molecule has 1 fully saturated rings. The first-order valence-electron chi connectivity index (χ1n) is 5.02.